The quantitative estimate of drug-likeness (QED) is 0.448. The van der Waals surface area contributed by atoms with Crippen molar-refractivity contribution in [2.75, 3.05) is 6.54 Å². The third-order valence-corrected chi connectivity index (χ3v) is 7.15. The lowest BCUT2D eigenvalue weighted by molar-refractivity contribution is -0.121. The van der Waals surface area contributed by atoms with E-state index in [4.69, 9.17) is 0 Å². The van der Waals surface area contributed by atoms with E-state index in [1.165, 1.54) is 5.56 Å². The average Bonchev–Trinajstić information content (AvgIpc) is 3.12. The van der Waals surface area contributed by atoms with Crippen molar-refractivity contribution in [3.63, 3.8) is 0 Å². The smallest absolute Gasteiger partial charge is 0.323 e. The van der Waals surface area contributed by atoms with Crippen molar-refractivity contribution in [1.29, 1.82) is 0 Å². The van der Waals surface area contributed by atoms with Crippen LogP contribution in [-0.2, 0) is 27.7 Å². The van der Waals surface area contributed by atoms with E-state index >= 15 is 0 Å². The van der Waals surface area contributed by atoms with E-state index in [0.29, 0.717) is 11.0 Å². The highest BCUT2D eigenvalue weighted by Gasteiger charge is 2.18. The second-order valence-corrected chi connectivity index (χ2v) is 9.73. The Bertz CT molecular complexity index is 1280. The summed E-state index contributed by atoms with van der Waals surface area (Å²) in [5, 5.41) is 2.86. The molecule has 1 aliphatic rings. The topological polar surface area (TPSA) is 124 Å². The van der Waals surface area contributed by atoms with Gasteiger partial charge in [0.25, 0.3) is 0 Å². The third kappa shape index (κ3) is 4.88. The Kier molecular flexibility index (Phi) is 5.97. The number of aromatic nitrogens is 2. The summed E-state index contributed by atoms with van der Waals surface area (Å²) in [5.41, 5.74) is 4.24. The Morgan fingerprint density at radius 1 is 1.03 bits per heavy atom. The minimum atomic E-state index is -3.66. The molecule has 0 unspecified atom stereocenters. The molecule has 1 aromatic heterocycles. The van der Waals surface area contributed by atoms with Crippen molar-refractivity contribution in [2.24, 2.45) is 0 Å². The molecule has 0 aliphatic heterocycles. The van der Waals surface area contributed by atoms with Gasteiger partial charge >= 0.3 is 5.69 Å². The van der Waals surface area contributed by atoms with Crippen LogP contribution in [0.2, 0.25) is 0 Å². The van der Waals surface area contributed by atoms with E-state index < -0.39 is 10.0 Å². The van der Waals surface area contributed by atoms with Gasteiger partial charge in [-0.1, -0.05) is 12.1 Å². The largest absolute Gasteiger partial charge is 0.350 e. The summed E-state index contributed by atoms with van der Waals surface area (Å²) < 4.78 is 27.7. The van der Waals surface area contributed by atoms with Crippen LogP contribution in [0.1, 0.15) is 48.9 Å². The van der Waals surface area contributed by atoms with Crippen molar-refractivity contribution in [3.8, 4) is 0 Å². The zero-order chi connectivity index (χ0) is 22.0. The van der Waals surface area contributed by atoms with Crippen molar-refractivity contribution >= 4 is 27.0 Å². The average molecular weight is 443 g/mol. The van der Waals surface area contributed by atoms with Crippen LogP contribution in [0.25, 0.3) is 11.0 Å². The second-order valence-electron chi connectivity index (χ2n) is 7.96. The Morgan fingerprint density at radius 2 is 1.77 bits per heavy atom. The Balaban J connectivity index is 1.32. The number of H-pyrrole nitrogens is 2. The van der Waals surface area contributed by atoms with E-state index in [1.54, 1.807) is 24.3 Å². The Labute approximate surface area is 180 Å². The molecule has 1 amide bonds. The van der Waals surface area contributed by atoms with E-state index in [1.807, 2.05) is 19.1 Å². The lowest BCUT2D eigenvalue weighted by atomic mass is 9.92. The zero-order valence-electron chi connectivity index (χ0n) is 17.3. The zero-order valence-corrected chi connectivity index (χ0v) is 18.1. The number of sulfonamides is 1. The first-order chi connectivity index (χ1) is 14.8. The number of rotatable bonds is 7. The molecule has 1 heterocycles. The molecule has 0 bridgehead atoms. The third-order valence-electron chi connectivity index (χ3n) is 5.69. The molecule has 0 saturated carbocycles. The number of imidazole rings is 1. The molecule has 4 N–H and O–H groups in total. The number of carbonyl (C=O) groups excluding carboxylic acids is 1. The van der Waals surface area contributed by atoms with E-state index in [-0.39, 0.29) is 35.5 Å². The predicted octanol–water partition coefficient (Wildman–Crippen LogP) is 2.28. The fraction of sp³-hybridized carbons (Fsp3) is 0.364. The normalized spacial score (nSPS) is 14.9. The molecule has 0 saturated heterocycles. The fourth-order valence-corrected chi connectivity index (χ4v) is 5.06. The molecule has 0 fully saturated rings. The lowest BCUT2D eigenvalue weighted by Gasteiger charge is -2.17. The Morgan fingerprint density at radius 3 is 2.58 bits per heavy atom. The molecule has 0 spiro atoms. The molecule has 4 rings (SSSR count). The molecule has 8 nitrogen and oxygen atoms in total. The van der Waals surface area contributed by atoms with E-state index in [0.717, 1.165) is 36.8 Å². The monoisotopic (exact) mass is 442 g/mol. The van der Waals surface area contributed by atoms with Gasteiger partial charge in [0.1, 0.15) is 0 Å². The van der Waals surface area contributed by atoms with Crippen LogP contribution in [0.4, 0.5) is 0 Å². The standard InChI is InChI=1S/C22H26N4O4S/c1-14(16-7-9-19-20(13-16)26-22(28)25-19)24-21(27)10-11-23-31(29,30)18-8-6-15-4-2-3-5-17(15)12-18/h6-9,12-14,23H,2-5,10-11H2,1H3,(H,24,27)(H2,25,26,28)/t14-/m1/s1. The van der Waals surface area contributed by atoms with Crippen LogP contribution in [0.5, 0.6) is 0 Å². The second kappa shape index (κ2) is 8.68. The van der Waals surface area contributed by atoms with Crippen molar-refractivity contribution in [2.45, 2.75) is 50.0 Å². The van der Waals surface area contributed by atoms with Gasteiger partial charge in [0.2, 0.25) is 15.9 Å². The van der Waals surface area contributed by atoms with Gasteiger partial charge in [-0.3, -0.25) is 4.79 Å². The SMILES string of the molecule is C[C@@H](NC(=O)CCNS(=O)(=O)c1ccc2c(c1)CCCC2)c1ccc2[nH]c(=O)[nH]c2c1. The van der Waals surface area contributed by atoms with Crippen molar-refractivity contribution < 1.29 is 13.2 Å². The van der Waals surface area contributed by atoms with Crippen LogP contribution < -0.4 is 15.7 Å². The summed E-state index contributed by atoms with van der Waals surface area (Å²) in [6, 6.07) is 10.4. The van der Waals surface area contributed by atoms with Crippen LogP contribution in [0, 0.1) is 0 Å². The minimum absolute atomic E-state index is 0.0160. The van der Waals surface area contributed by atoms with Crippen LogP contribution in [0.15, 0.2) is 46.1 Å². The summed E-state index contributed by atoms with van der Waals surface area (Å²) in [6.07, 6.45) is 4.14. The van der Waals surface area contributed by atoms with Gasteiger partial charge in [0.15, 0.2) is 0 Å². The number of amides is 1. The number of hydrogen-bond donors (Lipinski definition) is 4. The maximum absolute atomic E-state index is 12.6. The predicted molar refractivity (Wildman–Crippen MR) is 118 cm³/mol. The van der Waals surface area contributed by atoms with Crippen molar-refractivity contribution in [3.05, 3.63) is 63.6 Å². The number of benzene rings is 2. The highest BCUT2D eigenvalue weighted by Crippen LogP contribution is 2.24. The first-order valence-electron chi connectivity index (χ1n) is 10.4. The van der Waals surface area contributed by atoms with E-state index in [9.17, 15) is 18.0 Å². The van der Waals surface area contributed by atoms with Crippen LogP contribution >= 0.6 is 0 Å². The first kappa shape index (κ1) is 21.3. The van der Waals surface area contributed by atoms with Gasteiger partial charge in [-0.25, -0.2) is 17.9 Å². The number of carbonyl (C=O) groups is 1. The summed E-state index contributed by atoms with van der Waals surface area (Å²) >= 11 is 0. The molecule has 0 radical (unpaired) electrons. The number of aryl methyl sites for hydroxylation is 2. The minimum Gasteiger partial charge on any atom is -0.350 e. The van der Waals surface area contributed by atoms with E-state index in [2.05, 4.69) is 20.0 Å². The molecule has 164 valence electrons. The van der Waals surface area contributed by atoms with Gasteiger partial charge in [0, 0.05) is 13.0 Å². The highest BCUT2D eigenvalue weighted by atomic mass is 32.2. The van der Waals surface area contributed by atoms with Gasteiger partial charge in [-0.05, 0) is 73.6 Å². The molecule has 9 heteroatoms. The molecule has 3 aromatic rings. The Hall–Kier alpha value is -2.91. The van der Waals surface area contributed by atoms with Gasteiger partial charge < -0.3 is 15.3 Å². The lowest BCUT2D eigenvalue weighted by Crippen LogP contribution is -2.32. The summed E-state index contributed by atoms with van der Waals surface area (Å²) in [4.78, 5) is 29.3. The maximum atomic E-state index is 12.6. The molecule has 31 heavy (non-hydrogen) atoms. The van der Waals surface area contributed by atoms with Crippen LogP contribution in [-0.4, -0.2) is 30.8 Å². The first-order valence-corrected chi connectivity index (χ1v) is 11.9. The molecule has 1 atom stereocenters. The summed E-state index contributed by atoms with van der Waals surface area (Å²) in [5.74, 6) is -0.261. The molecular weight excluding hydrogens is 416 g/mol. The van der Waals surface area contributed by atoms with Gasteiger partial charge in [0.05, 0.1) is 22.0 Å². The number of hydrogen-bond acceptors (Lipinski definition) is 4. The maximum Gasteiger partial charge on any atom is 0.323 e. The molecule has 2 aromatic carbocycles. The van der Waals surface area contributed by atoms with Crippen molar-refractivity contribution in [1.82, 2.24) is 20.0 Å². The molecule has 1 aliphatic carbocycles. The number of aromatic amines is 2. The number of fused-ring (bicyclic) bond motifs is 2. The summed E-state index contributed by atoms with van der Waals surface area (Å²) in [7, 11) is -3.66. The van der Waals surface area contributed by atoms with Gasteiger partial charge in [-0.15, -0.1) is 0 Å². The van der Waals surface area contributed by atoms with Crippen LogP contribution in [0.3, 0.4) is 0 Å². The summed E-state index contributed by atoms with van der Waals surface area (Å²) in [6.45, 7) is 1.85. The molecular formula is C22H26N4O4S. The highest BCUT2D eigenvalue weighted by molar-refractivity contribution is 7.89. The van der Waals surface area contributed by atoms with Gasteiger partial charge in [-0.2, -0.15) is 0 Å². The number of nitrogens with one attached hydrogen (secondary N) is 4. The fourth-order valence-electron chi connectivity index (χ4n) is 3.98.